The van der Waals surface area contributed by atoms with Crippen LogP contribution in [-0.4, -0.2) is 22.7 Å². The molecule has 0 amide bonds. The Kier molecular flexibility index (Phi) is 5.65. The van der Waals surface area contributed by atoms with Gasteiger partial charge in [0.05, 0.1) is 18.2 Å². The van der Waals surface area contributed by atoms with Crippen molar-refractivity contribution < 1.29 is 14.6 Å². The van der Waals surface area contributed by atoms with Gasteiger partial charge in [-0.25, -0.2) is 4.79 Å². The van der Waals surface area contributed by atoms with Crippen LogP contribution in [0.4, 0.5) is 5.69 Å². The largest absolute Gasteiger partial charge is 0.505 e. The lowest BCUT2D eigenvalue weighted by molar-refractivity contribution is 0.0526. The quantitative estimate of drug-likeness (QED) is 0.547. The number of hydrogen-bond donors (Lipinski definition) is 2. The highest BCUT2D eigenvalue weighted by Gasteiger charge is 2.29. The molecule has 1 atom stereocenters. The summed E-state index contributed by atoms with van der Waals surface area (Å²) >= 11 is 0. The van der Waals surface area contributed by atoms with Gasteiger partial charge in [0.1, 0.15) is 11.3 Å². The first-order valence-corrected chi connectivity index (χ1v) is 10.3. The molecule has 0 spiro atoms. The number of carbonyl (C=O) groups excluding carboxylic acids is 1. The highest BCUT2D eigenvalue weighted by molar-refractivity contribution is 5.90. The highest BCUT2D eigenvalue weighted by Crippen LogP contribution is 2.42. The third kappa shape index (κ3) is 4.04. The molecule has 5 nitrogen and oxygen atoms in total. The predicted molar refractivity (Wildman–Crippen MR) is 114 cm³/mol. The summed E-state index contributed by atoms with van der Waals surface area (Å²) in [5.74, 6) is 0.368. The van der Waals surface area contributed by atoms with Gasteiger partial charge in [-0.1, -0.05) is 31.0 Å². The van der Waals surface area contributed by atoms with Crippen LogP contribution >= 0.6 is 0 Å². The van der Waals surface area contributed by atoms with Crippen molar-refractivity contribution in [1.82, 2.24) is 4.98 Å². The number of anilines is 1. The van der Waals surface area contributed by atoms with Crippen molar-refractivity contribution in [2.75, 3.05) is 11.9 Å². The third-order valence-corrected chi connectivity index (χ3v) is 5.70. The van der Waals surface area contributed by atoms with Crippen molar-refractivity contribution in [2.45, 2.75) is 38.6 Å². The van der Waals surface area contributed by atoms with Crippen LogP contribution in [0.15, 0.2) is 54.7 Å². The first-order chi connectivity index (χ1) is 14.2. The van der Waals surface area contributed by atoms with Crippen LogP contribution in [0.5, 0.6) is 5.75 Å². The Hall–Kier alpha value is -3.08. The van der Waals surface area contributed by atoms with Crippen molar-refractivity contribution in [3.8, 4) is 5.75 Å². The van der Waals surface area contributed by atoms with Crippen LogP contribution in [-0.2, 0) is 4.74 Å². The molecule has 150 valence electrons. The second-order valence-corrected chi connectivity index (χ2v) is 7.54. The van der Waals surface area contributed by atoms with Gasteiger partial charge in [0.15, 0.2) is 0 Å². The van der Waals surface area contributed by atoms with Gasteiger partial charge in [-0.15, -0.1) is 0 Å². The summed E-state index contributed by atoms with van der Waals surface area (Å²) < 4.78 is 5.06. The minimum atomic E-state index is -0.315. The molecule has 1 aliphatic rings. The Balaban J connectivity index is 1.65. The molecule has 1 fully saturated rings. The monoisotopic (exact) mass is 390 g/mol. The van der Waals surface area contributed by atoms with Crippen molar-refractivity contribution in [1.29, 1.82) is 0 Å². The van der Waals surface area contributed by atoms with Crippen LogP contribution in [0, 0.1) is 5.92 Å². The first kappa shape index (κ1) is 19.2. The van der Waals surface area contributed by atoms with Crippen LogP contribution in [0.1, 0.15) is 54.6 Å². The summed E-state index contributed by atoms with van der Waals surface area (Å²) in [7, 11) is 0. The fraction of sp³-hybridized carbons (Fsp3) is 0.333. The number of esters is 1. The number of ether oxygens (including phenoxy) is 1. The molecular formula is C24H26N2O3. The van der Waals surface area contributed by atoms with Crippen molar-refractivity contribution in [3.63, 3.8) is 0 Å². The van der Waals surface area contributed by atoms with E-state index >= 15 is 0 Å². The smallest absolute Gasteiger partial charge is 0.338 e. The lowest BCUT2D eigenvalue weighted by Gasteiger charge is -2.27. The molecule has 29 heavy (non-hydrogen) atoms. The maximum atomic E-state index is 11.9. The Morgan fingerprint density at radius 2 is 1.93 bits per heavy atom. The zero-order valence-corrected chi connectivity index (χ0v) is 16.6. The molecule has 1 saturated carbocycles. The fourth-order valence-corrected chi connectivity index (χ4v) is 4.23. The van der Waals surface area contributed by atoms with Crippen molar-refractivity contribution in [3.05, 3.63) is 65.9 Å². The van der Waals surface area contributed by atoms with Gasteiger partial charge < -0.3 is 15.2 Å². The Morgan fingerprint density at radius 1 is 1.17 bits per heavy atom. The van der Waals surface area contributed by atoms with E-state index in [1.54, 1.807) is 25.3 Å². The Labute approximate surface area is 170 Å². The third-order valence-electron chi connectivity index (χ3n) is 5.70. The topological polar surface area (TPSA) is 71.5 Å². The first-order valence-electron chi connectivity index (χ1n) is 10.3. The Morgan fingerprint density at radius 3 is 2.66 bits per heavy atom. The van der Waals surface area contributed by atoms with Gasteiger partial charge >= 0.3 is 5.97 Å². The highest BCUT2D eigenvalue weighted by atomic mass is 16.5. The van der Waals surface area contributed by atoms with Gasteiger partial charge in [0, 0.05) is 22.8 Å². The van der Waals surface area contributed by atoms with Gasteiger partial charge in [-0.2, -0.15) is 0 Å². The number of phenolic OH excluding ortho intramolecular Hbond substituents is 1. The number of benzene rings is 2. The summed E-state index contributed by atoms with van der Waals surface area (Å²) in [6.07, 6.45) is 6.36. The summed E-state index contributed by atoms with van der Waals surface area (Å²) in [4.78, 5) is 16.3. The van der Waals surface area contributed by atoms with E-state index in [9.17, 15) is 9.90 Å². The standard InChI is InChI=1S/C24H26N2O3/c1-2-29-24(28)18-9-12-19(13-10-18)26-21(16-6-3-4-7-16)20-14-11-17-8-5-15-25-22(17)23(20)27/h5,8-16,21,26-27H,2-4,6-7H2,1H3. The normalized spacial score (nSPS) is 15.3. The molecule has 0 aliphatic heterocycles. The SMILES string of the molecule is CCOC(=O)c1ccc(NC(c2ccc3cccnc3c2O)C2CCCC2)cc1. The molecule has 2 N–H and O–H groups in total. The summed E-state index contributed by atoms with van der Waals surface area (Å²) in [5.41, 5.74) is 2.95. The minimum absolute atomic E-state index is 0.0163. The molecule has 1 heterocycles. The minimum Gasteiger partial charge on any atom is -0.505 e. The summed E-state index contributed by atoms with van der Waals surface area (Å²) in [5, 5.41) is 15.5. The van der Waals surface area contributed by atoms with Gasteiger partial charge in [-0.05, 0) is 56.0 Å². The lowest BCUT2D eigenvalue weighted by Crippen LogP contribution is -2.19. The molecule has 0 bridgehead atoms. The molecule has 1 aliphatic carbocycles. The number of pyridine rings is 1. The second kappa shape index (κ2) is 8.52. The number of rotatable bonds is 6. The number of aromatic nitrogens is 1. The molecule has 0 radical (unpaired) electrons. The van der Waals surface area contributed by atoms with Crippen LogP contribution < -0.4 is 5.32 Å². The number of nitrogens with zero attached hydrogens (tertiary/aromatic N) is 1. The average Bonchev–Trinajstić information content (AvgIpc) is 3.28. The van der Waals surface area contributed by atoms with E-state index in [1.807, 2.05) is 36.4 Å². The van der Waals surface area contributed by atoms with Gasteiger partial charge in [0.2, 0.25) is 0 Å². The number of fused-ring (bicyclic) bond motifs is 1. The molecule has 4 rings (SSSR count). The predicted octanol–water partition coefficient (Wildman–Crippen LogP) is 5.46. The van der Waals surface area contributed by atoms with E-state index in [2.05, 4.69) is 10.3 Å². The molecule has 3 aromatic rings. The van der Waals surface area contributed by atoms with E-state index in [-0.39, 0.29) is 17.8 Å². The number of phenols is 1. The fourth-order valence-electron chi connectivity index (χ4n) is 4.23. The molecular weight excluding hydrogens is 364 g/mol. The zero-order valence-electron chi connectivity index (χ0n) is 16.6. The zero-order chi connectivity index (χ0) is 20.2. The molecule has 2 aromatic carbocycles. The van der Waals surface area contributed by atoms with Gasteiger partial charge in [0.25, 0.3) is 0 Å². The van der Waals surface area contributed by atoms with Crippen LogP contribution in [0.3, 0.4) is 0 Å². The maximum absolute atomic E-state index is 11.9. The van der Waals surface area contributed by atoms with E-state index in [4.69, 9.17) is 4.74 Å². The second-order valence-electron chi connectivity index (χ2n) is 7.54. The van der Waals surface area contributed by atoms with Crippen molar-refractivity contribution in [2.24, 2.45) is 5.92 Å². The summed E-state index contributed by atoms with van der Waals surface area (Å²) in [6.45, 7) is 2.16. The van der Waals surface area contributed by atoms with E-state index in [0.717, 1.165) is 29.5 Å². The van der Waals surface area contributed by atoms with E-state index in [1.165, 1.54) is 12.8 Å². The number of aromatic hydroxyl groups is 1. The lowest BCUT2D eigenvalue weighted by atomic mass is 9.90. The number of nitrogens with one attached hydrogen (secondary N) is 1. The Bertz CT molecular complexity index is 995. The van der Waals surface area contributed by atoms with E-state index < -0.39 is 0 Å². The van der Waals surface area contributed by atoms with Crippen molar-refractivity contribution >= 4 is 22.6 Å². The van der Waals surface area contributed by atoms with Gasteiger partial charge in [-0.3, -0.25) is 4.98 Å². The number of hydrogen-bond acceptors (Lipinski definition) is 5. The molecule has 1 aromatic heterocycles. The summed E-state index contributed by atoms with van der Waals surface area (Å²) in [6, 6.07) is 15.2. The molecule has 1 unspecified atom stereocenters. The maximum Gasteiger partial charge on any atom is 0.338 e. The molecule has 5 heteroatoms. The van der Waals surface area contributed by atoms with Crippen LogP contribution in [0.25, 0.3) is 10.9 Å². The molecule has 0 saturated heterocycles. The van der Waals surface area contributed by atoms with E-state index in [0.29, 0.717) is 23.6 Å². The average molecular weight is 390 g/mol. The van der Waals surface area contributed by atoms with Crippen LogP contribution in [0.2, 0.25) is 0 Å². The number of carbonyl (C=O) groups is 1.